The molecule has 0 spiro atoms. The van der Waals surface area contributed by atoms with Crippen molar-refractivity contribution in [2.24, 2.45) is 11.3 Å². The van der Waals surface area contributed by atoms with Crippen LogP contribution >= 0.6 is 0 Å². The molecule has 0 aromatic heterocycles. The number of aliphatic hydroxyl groups is 1. The Morgan fingerprint density at radius 1 is 1.02 bits per heavy atom. The summed E-state index contributed by atoms with van der Waals surface area (Å²) in [7, 11) is 0. The number of nitrogens with one attached hydrogen (secondary N) is 1. The van der Waals surface area contributed by atoms with Crippen LogP contribution in [0, 0.1) is 11.3 Å². The number of carbonyl (C=O) groups excluding carboxylic acids is 3. The van der Waals surface area contributed by atoms with Crippen LogP contribution < -0.4 is 10.1 Å². The van der Waals surface area contributed by atoms with Crippen LogP contribution in [0.1, 0.15) is 82.8 Å². The number of benzene rings is 2. The predicted molar refractivity (Wildman–Crippen MR) is 168 cm³/mol. The van der Waals surface area contributed by atoms with E-state index in [-0.39, 0.29) is 43.6 Å². The van der Waals surface area contributed by atoms with Crippen molar-refractivity contribution in [3.8, 4) is 5.75 Å². The van der Waals surface area contributed by atoms with E-state index in [2.05, 4.69) is 5.32 Å². The lowest BCUT2D eigenvalue weighted by Gasteiger charge is -2.34. The van der Waals surface area contributed by atoms with Crippen LogP contribution in [0.3, 0.4) is 0 Å². The van der Waals surface area contributed by atoms with Gasteiger partial charge in [-0.2, -0.15) is 0 Å². The zero-order valence-corrected chi connectivity index (χ0v) is 26.3. The number of aliphatic hydroxyl groups excluding tert-OH is 1. The van der Waals surface area contributed by atoms with Crippen molar-refractivity contribution in [2.45, 2.75) is 97.0 Å². The van der Waals surface area contributed by atoms with Crippen LogP contribution in [-0.2, 0) is 32.4 Å². The molecule has 1 unspecified atom stereocenters. The Bertz CT molecular complexity index is 1170. The van der Waals surface area contributed by atoms with E-state index in [1.165, 1.54) is 17.9 Å². The number of rotatable bonds is 16. The Morgan fingerprint density at radius 2 is 1.70 bits per heavy atom. The molecule has 1 aliphatic heterocycles. The topological polar surface area (TPSA) is 108 Å². The van der Waals surface area contributed by atoms with E-state index in [0.29, 0.717) is 38.4 Å². The average molecular weight is 608 g/mol. The number of hydrogen-bond acceptors (Lipinski definition) is 6. The van der Waals surface area contributed by atoms with E-state index in [0.717, 1.165) is 49.0 Å². The van der Waals surface area contributed by atoms with Gasteiger partial charge in [0.2, 0.25) is 18.2 Å². The highest BCUT2D eigenvalue weighted by atomic mass is 16.7. The van der Waals surface area contributed by atoms with Crippen molar-refractivity contribution in [1.29, 1.82) is 0 Å². The Hall–Kier alpha value is -3.43. The third-order valence-corrected chi connectivity index (χ3v) is 8.79. The molecule has 2 fully saturated rings. The molecule has 2 N–H and O–H groups in total. The van der Waals surface area contributed by atoms with Gasteiger partial charge in [-0.3, -0.25) is 19.2 Å². The van der Waals surface area contributed by atoms with Crippen molar-refractivity contribution >= 4 is 18.2 Å². The van der Waals surface area contributed by atoms with Crippen molar-refractivity contribution in [1.82, 2.24) is 15.3 Å². The van der Waals surface area contributed by atoms with E-state index >= 15 is 0 Å². The number of hydroxylamine groups is 2. The zero-order chi connectivity index (χ0) is 31.4. The van der Waals surface area contributed by atoms with E-state index in [1.807, 2.05) is 73.3 Å². The summed E-state index contributed by atoms with van der Waals surface area (Å²) in [6.45, 7) is 5.88. The number of ether oxygens (including phenoxy) is 1. The van der Waals surface area contributed by atoms with Crippen LogP contribution in [0.25, 0.3) is 0 Å². The van der Waals surface area contributed by atoms with Crippen molar-refractivity contribution in [3.05, 3.63) is 65.7 Å². The molecule has 2 aromatic carbocycles. The first kappa shape index (κ1) is 33.5. The standard InChI is InChI=1S/C35H49N3O6/c1-35(2,22-34(42)37-18-16-32(17-19-37)44-31-14-12-28(23-39)13-15-31)25-36-33(41)21-30(20-27-8-6-7-9-27)38(26-40)43-24-29-10-4-3-5-11-29/h3-5,10-15,26-27,30,32,39H,6-9,16-25H2,1-2H3,(H,36,41). The fourth-order valence-electron chi connectivity index (χ4n) is 6.15. The quantitative estimate of drug-likeness (QED) is 0.205. The minimum absolute atomic E-state index is 0.00463. The number of carbonyl (C=O) groups is 3. The zero-order valence-electron chi connectivity index (χ0n) is 26.3. The highest BCUT2D eigenvalue weighted by Gasteiger charge is 2.31. The average Bonchev–Trinajstić information content (AvgIpc) is 3.54. The molecule has 1 atom stereocenters. The summed E-state index contributed by atoms with van der Waals surface area (Å²) >= 11 is 0. The van der Waals surface area contributed by atoms with Gasteiger partial charge in [-0.05, 0) is 41.0 Å². The molecule has 3 amide bonds. The Kier molecular flexibility index (Phi) is 12.6. The Balaban J connectivity index is 1.23. The molecule has 0 radical (unpaired) electrons. The third kappa shape index (κ3) is 10.6. The second-order valence-corrected chi connectivity index (χ2v) is 13.1. The minimum Gasteiger partial charge on any atom is -0.490 e. The maximum atomic E-state index is 13.2. The van der Waals surface area contributed by atoms with Gasteiger partial charge in [-0.15, -0.1) is 0 Å². The van der Waals surface area contributed by atoms with Crippen molar-refractivity contribution in [3.63, 3.8) is 0 Å². The molecule has 1 saturated carbocycles. The lowest BCUT2D eigenvalue weighted by atomic mass is 9.88. The van der Waals surface area contributed by atoms with Gasteiger partial charge in [0.1, 0.15) is 18.5 Å². The number of hydrogen-bond donors (Lipinski definition) is 2. The maximum absolute atomic E-state index is 13.2. The highest BCUT2D eigenvalue weighted by Crippen LogP contribution is 2.31. The molecule has 2 aromatic rings. The fraction of sp³-hybridized carbons (Fsp3) is 0.571. The number of nitrogens with zero attached hydrogens (tertiary/aromatic N) is 2. The smallest absolute Gasteiger partial charge is 0.233 e. The lowest BCUT2D eigenvalue weighted by Crippen LogP contribution is -2.45. The maximum Gasteiger partial charge on any atom is 0.233 e. The molecule has 9 nitrogen and oxygen atoms in total. The molecule has 1 heterocycles. The molecule has 240 valence electrons. The van der Waals surface area contributed by atoms with Crippen LogP contribution in [-0.4, -0.2) is 65.1 Å². The normalized spacial score (nSPS) is 16.8. The molecular formula is C35H49N3O6. The molecule has 44 heavy (non-hydrogen) atoms. The summed E-state index contributed by atoms with van der Waals surface area (Å²) in [6, 6.07) is 16.8. The first-order valence-corrected chi connectivity index (χ1v) is 16.1. The van der Waals surface area contributed by atoms with E-state index in [4.69, 9.17) is 9.57 Å². The largest absolute Gasteiger partial charge is 0.490 e. The predicted octanol–water partition coefficient (Wildman–Crippen LogP) is 5.01. The molecule has 1 aliphatic carbocycles. The number of likely N-dealkylation sites (tertiary alicyclic amines) is 1. The van der Waals surface area contributed by atoms with Gasteiger partial charge in [0, 0.05) is 45.3 Å². The first-order valence-electron chi connectivity index (χ1n) is 16.1. The van der Waals surface area contributed by atoms with E-state index in [1.54, 1.807) is 0 Å². The van der Waals surface area contributed by atoms with E-state index < -0.39 is 5.41 Å². The SMILES string of the molecule is CC(C)(CNC(=O)CC(CC1CCCC1)N(C=O)OCc1ccccc1)CC(=O)N1CCC(Oc2ccc(CO)cc2)CC1. The van der Waals surface area contributed by atoms with Crippen molar-refractivity contribution < 1.29 is 29.1 Å². The third-order valence-electron chi connectivity index (χ3n) is 8.79. The second kappa shape index (κ2) is 16.6. The first-order chi connectivity index (χ1) is 21.2. The van der Waals surface area contributed by atoms with Crippen LogP contribution in [0.2, 0.25) is 0 Å². The Labute approximate surface area is 261 Å². The summed E-state index contributed by atoms with van der Waals surface area (Å²) in [6.07, 6.45) is 8.06. The summed E-state index contributed by atoms with van der Waals surface area (Å²) < 4.78 is 6.08. The van der Waals surface area contributed by atoms with Crippen LogP contribution in [0.4, 0.5) is 0 Å². The lowest BCUT2D eigenvalue weighted by molar-refractivity contribution is -0.195. The van der Waals surface area contributed by atoms with Gasteiger partial charge in [0.25, 0.3) is 0 Å². The molecule has 4 rings (SSSR count). The minimum atomic E-state index is -0.427. The summed E-state index contributed by atoms with van der Waals surface area (Å²) in [5, 5.41) is 13.6. The summed E-state index contributed by atoms with van der Waals surface area (Å²) in [5.41, 5.74) is 1.38. The van der Waals surface area contributed by atoms with Gasteiger partial charge in [-0.25, -0.2) is 5.06 Å². The molecule has 0 bridgehead atoms. The summed E-state index contributed by atoms with van der Waals surface area (Å²) in [4.78, 5) is 46.1. The van der Waals surface area contributed by atoms with Crippen molar-refractivity contribution in [2.75, 3.05) is 19.6 Å². The molecule has 2 aliphatic rings. The number of piperidine rings is 1. The second-order valence-electron chi connectivity index (χ2n) is 13.1. The molecular weight excluding hydrogens is 558 g/mol. The van der Waals surface area contributed by atoms with Gasteiger partial charge in [-0.1, -0.05) is 82.0 Å². The summed E-state index contributed by atoms with van der Waals surface area (Å²) in [5.74, 6) is 1.18. The van der Waals surface area contributed by atoms with E-state index in [9.17, 15) is 19.5 Å². The van der Waals surface area contributed by atoms with Crippen LogP contribution in [0.5, 0.6) is 5.75 Å². The monoisotopic (exact) mass is 607 g/mol. The van der Waals surface area contributed by atoms with Gasteiger partial charge >= 0.3 is 0 Å². The highest BCUT2D eigenvalue weighted by molar-refractivity contribution is 5.78. The molecule has 9 heteroatoms. The van der Waals surface area contributed by atoms with Gasteiger partial charge in [0.15, 0.2) is 0 Å². The van der Waals surface area contributed by atoms with Gasteiger partial charge < -0.3 is 20.1 Å². The van der Waals surface area contributed by atoms with Crippen LogP contribution in [0.15, 0.2) is 54.6 Å². The Morgan fingerprint density at radius 3 is 2.34 bits per heavy atom. The number of amides is 3. The van der Waals surface area contributed by atoms with Gasteiger partial charge in [0.05, 0.1) is 12.6 Å². The fourth-order valence-corrected chi connectivity index (χ4v) is 6.15. The molecule has 1 saturated heterocycles.